The minimum absolute atomic E-state index is 0.00297. The number of carbonyl (C=O) groups excluding carboxylic acids is 1. The zero-order valence-corrected chi connectivity index (χ0v) is 9.15. The predicted molar refractivity (Wildman–Crippen MR) is 57.4 cm³/mol. The summed E-state index contributed by atoms with van der Waals surface area (Å²) in [6.45, 7) is 1.51. The van der Waals surface area contributed by atoms with Gasteiger partial charge in [-0.25, -0.2) is 4.39 Å². The molecule has 0 N–H and O–H groups in total. The Morgan fingerprint density at radius 3 is 3.06 bits per heavy atom. The number of hydrogen-bond donors (Lipinski definition) is 0. The van der Waals surface area contributed by atoms with Gasteiger partial charge in [-0.3, -0.25) is 4.79 Å². The van der Waals surface area contributed by atoms with Crippen LogP contribution in [0.1, 0.15) is 11.1 Å². The van der Waals surface area contributed by atoms with E-state index in [-0.39, 0.29) is 18.1 Å². The molecule has 1 aliphatic rings. The number of morpholine rings is 1. The second-order valence-corrected chi connectivity index (χ2v) is 3.79. The summed E-state index contributed by atoms with van der Waals surface area (Å²) >= 11 is 0. The van der Waals surface area contributed by atoms with Gasteiger partial charge in [-0.2, -0.15) is 5.26 Å². The fourth-order valence-corrected chi connectivity index (χ4v) is 1.69. The van der Waals surface area contributed by atoms with Crippen LogP contribution in [0.15, 0.2) is 18.2 Å². The average molecular weight is 234 g/mol. The fourth-order valence-electron chi connectivity index (χ4n) is 1.69. The summed E-state index contributed by atoms with van der Waals surface area (Å²) in [4.78, 5) is 13.1. The maximum absolute atomic E-state index is 13.1. The van der Waals surface area contributed by atoms with Crippen molar-refractivity contribution in [2.75, 3.05) is 19.8 Å². The van der Waals surface area contributed by atoms with Crippen molar-refractivity contribution in [1.29, 1.82) is 5.26 Å². The highest BCUT2D eigenvalue weighted by Crippen LogP contribution is 2.13. The van der Waals surface area contributed by atoms with Gasteiger partial charge in [-0.1, -0.05) is 6.07 Å². The van der Waals surface area contributed by atoms with Gasteiger partial charge >= 0.3 is 0 Å². The predicted octanol–water partition coefficient (Wildman–Crippen LogP) is 1.06. The summed E-state index contributed by atoms with van der Waals surface area (Å²) < 4.78 is 18.1. The standard InChI is InChI=1S/C12H11FN2O2/c13-11-2-1-9(5-10(11)6-14)7-15-3-4-17-8-12(15)16/h1-2,5H,3-4,7-8H2. The summed E-state index contributed by atoms with van der Waals surface area (Å²) in [6.07, 6.45) is 0. The molecule has 0 spiro atoms. The highest BCUT2D eigenvalue weighted by molar-refractivity contribution is 5.78. The first-order chi connectivity index (χ1) is 8.20. The van der Waals surface area contributed by atoms with E-state index < -0.39 is 5.82 Å². The lowest BCUT2D eigenvalue weighted by molar-refractivity contribution is -0.143. The van der Waals surface area contributed by atoms with Crippen molar-refractivity contribution in [3.8, 4) is 6.07 Å². The van der Waals surface area contributed by atoms with Gasteiger partial charge in [0.25, 0.3) is 0 Å². The minimum atomic E-state index is -0.537. The molecule has 0 bridgehead atoms. The van der Waals surface area contributed by atoms with E-state index in [1.54, 1.807) is 17.0 Å². The monoisotopic (exact) mass is 234 g/mol. The number of nitrogens with zero attached hydrogens (tertiary/aromatic N) is 2. The van der Waals surface area contributed by atoms with Gasteiger partial charge in [0.2, 0.25) is 5.91 Å². The number of hydrogen-bond acceptors (Lipinski definition) is 3. The van der Waals surface area contributed by atoms with Gasteiger partial charge in [-0.15, -0.1) is 0 Å². The summed E-state index contributed by atoms with van der Waals surface area (Å²) in [5.41, 5.74) is 0.751. The Labute approximate surface area is 98.2 Å². The molecule has 2 rings (SSSR count). The van der Waals surface area contributed by atoms with E-state index in [0.717, 1.165) is 5.56 Å². The van der Waals surface area contributed by atoms with Crippen molar-refractivity contribution in [3.05, 3.63) is 35.1 Å². The Balaban J connectivity index is 2.13. The maximum atomic E-state index is 13.1. The van der Waals surface area contributed by atoms with Crippen molar-refractivity contribution in [3.63, 3.8) is 0 Å². The lowest BCUT2D eigenvalue weighted by atomic mass is 10.1. The van der Waals surface area contributed by atoms with E-state index in [2.05, 4.69) is 0 Å². The molecule has 5 heteroatoms. The number of amides is 1. The summed E-state index contributed by atoms with van der Waals surface area (Å²) in [6, 6.07) is 6.08. The summed E-state index contributed by atoms with van der Waals surface area (Å²) in [5, 5.41) is 8.71. The molecule has 1 heterocycles. The molecule has 1 aromatic carbocycles. The number of benzene rings is 1. The molecular formula is C12H11FN2O2. The Morgan fingerprint density at radius 1 is 1.53 bits per heavy atom. The quantitative estimate of drug-likeness (QED) is 0.768. The number of rotatable bonds is 2. The SMILES string of the molecule is N#Cc1cc(CN2CCOCC2=O)ccc1F. The van der Waals surface area contributed by atoms with E-state index in [0.29, 0.717) is 19.7 Å². The topological polar surface area (TPSA) is 53.3 Å². The lowest BCUT2D eigenvalue weighted by Gasteiger charge is -2.26. The Kier molecular flexibility index (Phi) is 3.35. The van der Waals surface area contributed by atoms with E-state index in [9.17, 15) is 9.18 Å². The number of nitriles is 1. The Hall–Kier alpha value is -1.93. The number of halogens is 1. The summed E-state index contributed by atoms with van der Waals surface area (Å²) in [7, 11) is 0. The molecule has 1 amide bonds. The van der Waals surface area contributed by atoms with Crippen LogP contribution in [-0.2, 0) is 16.1 Å². The maximum Gasteiger partial charge on any atom is 0.248 e. The van der Waals surface area contributed by atoms with Gasteiger partial charge in [0, 0.05) is 13.1 Å². The second-order valence-electron chi connectivity index (χ2n) is 3.79. The van der Waals surface area contributed by atoms with E-state index in [1.807, 2.05) is 0 Å². The van der Waals surface area contributed by atoms with Crippen LogP contribution >= 0.6 is 0 Å². The normalized spacial score (nSPS) is 15.8. The zero-order chi connectivity index (χ0) is 12.3. The molecule has 0 atom stereocenters. The van der Waals surface area contributed by atoms with Crippen molar-refractivity contribution >= 4 is 5.91 Å². The van der Waals surface area contributed by atoms with Gasteiger partial charge in [0.15, 0.2) is 0 Å². The lowest BCUT2D eigenvalue weighted by Crippen LogP contribution is -2.40. The Bertz CT molecular complexity index is 482. The third-order valence-electron chi connectivity index (χ3n) is 2.61. The molecule has 17 heavy (non-hydrogen) atoms. The third kappa shape index (κ3) is 2.60. The zero-order valence-electron chi connectivity index (χ0n) is 9.15. The fraction of sp³-hybridized carbons (Fsp3) is 0.333. The average Bonchev–Trinajstić information content (AvgIpc) is 2.34. The van der Waals surface area contributed by atoms with E-state index in [1.165, 1.54) is 12.1 Å². The highest BCUT2D eigenvalue weighted by Gasteiger charge is 2.18. The Morgan fingerprint density at radius 2 is 2.35 bits per heavy atom. The molecule has 0 unspecified atom stereocenters. The van der Waals surface area contributed by atoms with Crippen molar-refractivity contribution in [2.24, 2.45) is 0 Å². The van der Waals surface area contributed by atoms with Gasteiger partial charge in [0.1, 0.15) is 18.5 Å². The van der Waals surface area contributed by atoms with Crippen LogP contribution in [0.5, 0.6) is 0 Å². The van der Waals surface area contributed by atoms with Crippen molar-refractivity contribution < 1.29 is 13.9 Å². The highest BCUT2D eigenvalue weighted by atomic mass is 19.1. The molecular weight excluding hydrogens is 223 g/mol. The first kappa shape index (κ1) is 11.6. The first-order valence-electron chi connectivity index (χ1n) is 5.25. The van der Waals surface area contributed by atoms with Crippen LogP contribution in [0.4, 0.5) is 4.39 Å². The molecule has 1 aliphatic heterocycles. The van der Waals surface area contributed by atoms with Crippen molar-refractivity contribution in [1.82, 2.24) is 4.90 Å². The minimum Gasteiger partial charge on any atom is -0.370 e. The summed E-state index contributed by atoms with van der Waals surface area (Å²) in [5.74, 6) is -0.622. The van der Waals surface area contributed by atoms with Crippen LogP contribution < -0.4 is 0 Å². The molecule has 1 fully saturated rings. The molecule has 0 aromatic heterocycles. The molecule has 0 aliphatic carbocycles. The van der Waals surface area contributed by atoms with Crippen LogP contribution in [0.2, 0.25) is 0 Å². The largest absolute Gasteiger partial charge is 0.370 e. The molecule has 1 saturated heterocycles. The third-order valence-corrected chi connectivity index (χ3v) is 2.61. The number of carbonyl (C=O) groups is 1. The van der Waals surface area contributed by atoms with Gasteiger partial charge < -0.3 is 9.64 Å². The van der Waals surface area contributed by atoms with Crippen LogP contribution in [0, 0.1) is 17.1 Å². The van der Waals surface area contributed by atoms with Gasteiger partial charge in [-0.05, 0) is 17.7 Å². The molecule has 0 saturated carbocycles. The van der Waals surface area contributed by atoms with Crippen LogP contribution in [-0.4, -0.2) is 30.6 Å². The second kappa shape index (κ2) is 4.93. The molecule has 1 aromatic rings. The van der Waals surface area contributed by atoms with Crippen LogP contribution in [0.3, 0.4) is 0 Å². The smallest absolute Gasteiger partial charge is 0.248 e. The van der Waals surface area contributed by atoms with Crippen molar-refractivity contribution in [2.45, 2.75) is 6.54 Å². The van der Waals surface area contributed by atoms with Gasteiger partial charge in [0.05, 0.1) is 12.2 Å². The molecule has 0 radical (unpaired) electrons. The van der Waals surface area contributed by atoms with Crippen LogP contribution in [0.25, 0.3) is 0 Å². The van der Waals surface area contributed by atoms with E-state index in [4.69, 9.17) is 10.00 Å². The molecule has 4 nitrogen and oxygen atoms in total. The first-order valence-corrected chi connectivity index (χ1v) is 5.25. The number of ether oxygens (including phenoxy) is 1. The molecule has 88 valence electrons. The van der Waals surface area contributed by atoms with E-state index >= 15 is 0 Å².